The SMILES string of the molecule is CC(C)c1nccc(CO)c1-n1c(=O)nc2c3c(c(Cl)c(-c4ccccc4F)nc31)OC[C@H]1CNCCN21. The van der Waals surface area contributed by atoms with E-state index in [0.29, 0.717) is 60.1 Å². The number of ether oxygens (including phenoxy) is 1. The number of hydrogen-bond donors (Lipinski definition) is 2. The number of nitrogens with zero attached hydrogens (tertiary/aromatic N) is 5. The van der Waals surface area contributed by atoms with Crippen LogP contribution in [0.4, 0.5) is 10.2 Å². The molecule has 0 spiro atoms. The number of piperazine rings is 1. The molecule has 1 aromatic carbocycles. The average molecular weight is 537 g/mol. The summed E-state index contributed by atoms with van der Waals surface area (Å²) in [7, 11) is 0. The molecule has 2 aliphatic heterocycles. The highest BCUT2D eigenvalue weighted by molar-refractivity contribution is 6.36. The van der Waals surface area contributed by atoms with Crippen molar-refractivity contribution in [2.75, 3.05) is 31.1 Å². The Labute approximate surface area is 222 Å². The van der Waals surface area contributed by atoms with Gasteiger partial charge in [-0.25, -0.2) is 18.7 Å². The van der Waals surface area contributed by atoms with Gasteiger partial charge in [0.05, 0.1) is 29.7 Å². The topological polar surface area (TPSA) is 105 Å². The lowest BCUT2D eigenvalue weighted by Gasteiger charge is -2.35. The van der Waals surface area contributed by atoms with Crippen LogP contribution >= 0.6 is 11.6 Å². The third kappa shape index (κ3) is 3.82. The zero-order chi connectivity index (χ0) is 26.6. The Morgan fingerprint density at radius 2 is 2.08 bits per heavy atom. The molecule has 1 saturated heterocycles. The van der Waals surface area contributed by atoms with Gasteiger partial charge in [0.15, 0.2) is 11.4 Å². The Balaban J connectivity index is 1.79. The maximum atomic E-state index is 15.0. The summed E-state index contributed by atoms with van der Waals surface area (Å²) in [4.78, 5) is 29.8. The Kier molecular flexibility index (Phi) is 6.25. The zero-order valence-corrected chi connectivity index (χ0v) is 21.7. The predicted octanol–water partition coefficient (Wildman–Crippen LogP) is 3.42. The largest absolute Gasteiger partial charge is 0.489 e. The Morgan fingerprint density at radius 3 is 2.84 bits per heavy atom. The van der Waals surface area contributed by atoms with Crippen LogP contribution < -0.4 is 20.6 Å². The van der Waals surface area contributed by atoms with Gasteiger partial charge in [-0.05, 0) is 24.1 Å². The van der Waals surface area contributed by atoms with E-state index in [1.807, 2.05) is 18.7 Å². The molecule has 2 N–H and O–H groups in total. The minimum atomic E-state index is -0.587. The number of anilines is 1. The normalized spacial score (nSPS) is 16.9. The minimum Gasteiger partial charge on any atom is -0.489 e. The van der Waals surface area contributed by atoms with Crippen molar-refractivity contribution in [3.63, 3.8) is 0 Å². The predicted molar refractivity (Wildman–Crippen MR) is 143 cm³/mol. The molecule has 3 aromatic heterocycles. The summed E-state index contributed by atoms with van der Waals surface area (Å²) >= 11 is 6.89. The standard InChI is InChI=1S/C27H26ClFN6O3/c1-14(2)21-23(15(12-36)7-8-31-21)35-26-19-24(20(28)22(32-26)17-5-3-4-6-18(17)29)38-13-16-11-30-9-10-34(16)25(19)33-27(35)37/h3-8,14,16,30,36H,9-13H2,1-2H3/t16-/m1/s1. The van der Waals surface area contributed by atoms with Crippen LogP contribution in [0, 0.1) is 5.82 Å². The maximum Gasteiger partial charge on any atom is 0.355 e. The van der Waals surface area contributed by atoms with E-state index in [0.717, 1.165) is 0 Å². The lowest BCUT2D eigenvalue weighted by Crippen LogP contribution is -2.54. The summed E-state index contributed by atoms with van der Waals surface area (Å²) < 4.78 is 22.7. The molecule has 0 bridgehead atoms. The van der Waals surface area contributed by atoms with Gasteiger partial charge < -0.3 is 20.1 Å². The van der Waals surface area contributed by atoms with Crippen LogP contribution in [-0.4, -0.2) is 56.9 Å². The Bertz CT molecular complexity index is 1630. The third-order valence-corrected chi connectivity index (χ3v) is 7.40. The van der Waals surface area contributed by atoms with E-state index in [4.69, 9.17) is 21.3 Å². The third-order valence-electron chi connectivity index (χ3n) is 7.05. The lowest BCUT2D eigenvalue weighted by atomic mass is 10.0. The highest BCUT2D eigenvalue weighted by Gasteiger charge is 2.35. The van der Waals surface area contributed by atoms with Crippen LogP contribution in [0.3, 0.4) is 0 Å². The molecule has 0 aliphatic carbocycles. The molecule has 4 aromatic rings. The average Bonchev–Trinajstić information content (AvgIpc) is 3.08. The first-order chi connectivity index (χ1) is 18.4. The van der Waals surface area contributed by atoms with Crippen molar-refractivity contribution >= 4 is 28.5 Å². The number of halogens is 2. The van der Waals surface area contributed by atoms with E-state index in [1.54, 1.807) is 30.5 Å². The Morgan fingerprint density at radius 1 is 1.26 bits per heavy atom. The molecule has 1 atom stereocenters. The number of hydrogen-bond acceptors (Lipinski definition) is 8. The molecule has 9 nitrogen and oxygen atoms in total. The van der Waals surface area contributed by atoms with Gasteiger partial charge in [-0.3, -0.25) is 4.98 Å². The summed E-state index contributed by atoms with van der Waals surface area (Å²) in [6.07, 6.45) is 1.60. The summed E-state index contributed by atoms with van der Waals surface area (Å²) in [5, 5.41) is 14.2. The quantitative estimate of drug-likeness (QED) is 0.409. The van der Waals surface area contributed by atoms with Crippen LogP contribution in [0.5, 0.6) is 5.75 Å². The van der Waals surface area contributed by atoms with Crippen molar-refractivity contribution in [3.05, 3.63) is 69.1 Å². The summed E-state index contributed by atoms with van der Waals surface area (Å²) in [6, 6.07) is 7.75. The fourth-order valence-corrected chi connectivity index (χ4v) is 5.54. The van der Waals surface area contributed by atoms with E-state index in [1.165, 1.54) is 10.6 Å². The molecule has 38 heavy (non-hydrogen) atoms. The second-order valence-electron chi connectivity index (χ2n) is 9.71. The molecular formula is C27H26ClFN6O3. The van der Waals surface area contributed by atoms with E-state index >= 15 is 4.39 Å². The molecule has 196 valence electrons. The fourth-order valence-electron chi connectivity index (χ4n) is 5.25. The van der Waals surface area contributed by atoms with Crippen molar-refractivity contribution in [2.45, 2.75) is 32.4 Å². The summed E-state index contributed by atoms with van der Waals surface area (Å²) in [5.41, 5.74) is 1.43. The van der Waals surface area contributed by atoms with Crippen molar-refractivity contribution < 1.29 is 14.2 Å². The van der Waals surface area contributed by atoms with Crippen molar-refractivity contribution in [1.82, 2.24) is 24.8 Å². The molecule has 2 aliphatic rings. The molecule has 6 rings (SSSR count). The van der Waals surface area contributed by atoms with Gasteiger partial charge in [0.1, 0.15) is 28.7 Å². The number of aromatic nitrogens is 4. The molecule has 0 radical (unpaired) electrons. The summed E-state index contributed by atoms with van der Waals surface area (Å²) in [5.74, 6) is 0.129. The molecule has 0 amide bonds. The number of aliphatic hydroxyl groups is 1. The molecule has 5 heterocycles. The smallest absolute Gasteiger partial charge is 0.355 e. The lowest BCUT2D eigenvalue weighted by molar-refractivity contribution is 0.274. The maximum absolute atomic E-state index is 15.0. The number of rotatable bonds is 4. The van der Waals surface area contributed by atoms with Gasteiger partial charge in [0.25, 0.3) is 0 Å². The van der Waals surface area contributed by atoms with Gasteiger partial charge in [-0.15, -0.1) is 0 Å². The minimum absolute atomic E-state index is 0.0829. The van der Waals surface area contributed by atoms with E-state index < -0.39 is 11.5 Å². The van der Waals surface area contributed by atoms with Crippen LogP contribution in [0.1, 0.15) is 31.0 Å². The Hall–Kier alpha value is -3.60. The first kappa shape index (κ1) is 24.7. The van der Waals surface area contributed by atoms with E-state index in [-0.39, 0.29) is 40.5 Å². The molecule has 0 saturated carbocycles. The second kappa shape index (κ2) is 9.61. The van der Waals surface area contributed by atoms with Gasteiger partial charge in [0.2, 0.25) is 0 Å². The van der Waals surface area contributed by atoms with Crippen molar-refractivity contribution in [1.29, 1.82) is 0 Å². The van der Waals surface area contributed by atoms with Crippen LogP contribution in [0.2, 0.25) is 5.02 Å². The number of benzene rings is 1. The highest BCUT2D eigenvalue weighted by atomic mass is 35.5. The van der Waals surface area contributed by atoms with Crippen molar-refractivity contribution in [3.8, 4) is 22.7 Å². The number of aliphatic hydroxyl groups excluding tert-OH is 1. The number of pyridine rings is 2. The molecule has 11 heteroatoms. The highest BCUT2D eigenvalue weighted by Crippen LogP contribution is 2.45. The van der Waals surface area contributed by atoms with Gasteiger partial charge in [0, 0.05) is 37.0 Å². The van der Waals surface area contributed by atoms with Crippen LogP contribution in [0.25, 0.3) is 28.0 Å². The van der Waals surface area contributed by atoms with Gasteiger partial charge in [-0.1, -0.05) is 37.6 Å². The first-order valence-electron chi connectivity index (χ1n) is 12.5. The first-order valence-corrected chi connectivity index (χ1v) is 12.9. The number of nitrogens with one attached hydrogen (secondary N) is 1. The monoisotopic (exact) mass is 536 g/mol. The van der Waals surface area contributed by atoms with E-state index in [2.05, 4.69) is 15.3 Å². The molecular weight excluding hydrogens is 511 g/mol. The van der Waals surface area contributed by atoms with Crippen LogP contribution in [-0.2, 0) is 6.61 Å². The van der Waals surface area contributed by atoms with E-state index in [9.17, 15) is 9.90 Å². The van der Waals surface area contributed by atoms with Gasteiger partial charge in [-0.2, -0.15) is 4.98 Å². The zero-order valence-electron chi connectivity index (χ0n) is 20.9. The number of fused-ring (bicyclic) bond motifs is 2. The molecule has 1 fully saturated rings. The van der Waals surface area contributed by atoms with Crippen LogP contribution in [0.15, 0.2) is 41.3 Å². The summed E-state index contributed by atoms with van der Waals surface area (Å²) in [6.45, 7) is 5.82. The van der Waals surface area contributed by atoms with Crippen molar-refractivity contribution in [2.24, 2.45) is 0 Å². The molecule has 0 unspecified atom stereocenters. The van der Waals surface area contributed by atoms with Gasteiger partial charge >= 0.3 is 5.69 Å². The second-order valence-corrected chi connectivity index (χ2v) is 10.1. The fraction of sp³-hybridized carbons (Fsp3) is 0.333.